The highest BCUT2D eigenvalue weighted by molar-refractivity contribution is 6.31. The van der Waals surface area contributed by atoms with Crippen LogP contribution < -0.4 is 0 Å². The van der Waals surface area contributed by atoms with Gasteiger partial charge in [0, 0.05) is 10.4 Å². The molecular formula is C17H23Cl2F. The molecule has 1 saturated carbocycles. The van der Waals surface area contributed by atoms with Crippen LogP contribution in [0, 0.1) is 23.1 Å². The van der Waals surface area contributed by atoms with Crippen molar-refractivity contribution in [1.82, 2.24) is 0 Å². The fraction of sp³-hybridized carbons (Fsp3) is 0.647. The summed E-state index contributed by atoms with van der Waals surface area (Å²) in [5.41, 5.74) is 1.09. The molecule has 20 heavy (non-hydrogen) atoms. The van der Waals surface area contributed by atoms with Gasteiger partial charge < -0.3 is 0 Å². The number of benzene rings is 1. The third kappa shape index (κ3) is 3.68. The number of alkyl halides is 1. The van der Waals surface area contributed by atoms with Crippen molar-refractivity contribution in [3.05, 3.63) is 34.6 Å². The van der Waals surface area contributed by atoms with Gasteiger partial charge in [-0.05, 0) is 54.2 Å². The monoisotopic (exact) mass is 316 g/mol. The van der Waals surface area contributed by atoms with Gasteiger partial charge in [0.05, 0.1) is 0 Å². The average Bonchev–Trinajstić information content (AvgIpc) is 2.32. The number of rotatable bonds is 3. The summed E-state index contributed by atoms with van der Waals surface area (Å²) in [5, 5.41) is 0.751. The first kappa shape index (κ1) is 16.1. The third-order valence-electron chi connectivity index (χ3n) is 4.70. The van der Waals surface area contributed by atoms with Crippen molar-refractivity contribution >= 4 is 23.2 Å². The minimum absolute atomic E-state index is 0.0774. The zero-order chi connectivity index (χ0) is 14.9. The van der Waals surface area contributed by atoms with Crippen molar-refractivity contribution in [2.75, 3.05) is 0 Å². The molecule has 0 spiro atoms. The van der Waals surface area contributed by atoms with Crippen LogP contribution in [0.5, 0.6) is 0 Å². The van der Waals surface area contributed by atoms with Crippen molar-refractivity contribution in [1.29, 1.82) is 0 Å². The highest BCUT2D eigenvalue weighted by Crippen LogP contribution is 2.45. The van der Waals surface area contributed by atoms with E-state index in [0.717, 1.165) is 24.3 Å². The van der Waals surface area contributed by atoms with Crippen LogP contribution in [0.4, 0.5) is 4.39 Å². The van der Waals surface area contributed by atoms with Gasteiger partial charge in [0.1, 0.15) is 5.82 Å². The lowest BCUT2D eigenvalue weighted by Gasteiger charge is -2.42. The van der Waals surface area contributed by atoms with E-state index in [4.69, 9.17) is 23.2 Å². The first-order valence-electron chi connectivity index (χ1n) is 7.37. The molecule has 0 aromatic heterocycles. The van der Waals surface area contributed by atoms with Gasteiger partial charge in [-0.25, -0.2) is 4.39 Å². The molecule has 3 atom stereocenters. The highest BCUT2D eigenvalue weighted by atomic mass is 35.5. The Morgan fingerprint density at radius 2 is 2.00 bits per heavy atom. The molecule has 1 aliphatic carbocycles. The van der Waals surface area contributed by atoms with Crippen LogP contribution in [0.3, 0.4) is 0 Å². The van der Waals surface area contributed by atoms with Gasteiger partial charge in [-0.1, -0.05) is 44.9 Å². The summed E-state index contributed by atoms with van der Waals surface area (Å²) in [6.45, 7) is 6.78. The minimum Gasteiger partial charge on any atom is -0.207 e. The summed E-state index contributed by atoms with van der Waals surface area (Å²) >= 11 is 12.8. The zero-order valence-electron chi connectivity index (χ0n) is 12.4. The van der Waals surface area contributed by atoms with E-state index in [-0.39, 0.29) is 16.6 Å². The maximum Gasteiger partial charge on any atom is 0.124 e. The van der Waals surface area contributed by atoms with Crippen LogP contribution >= 0.6 is 23.2 Å². The molecular weight excluding hydrogens is 294 g/mol. The van der Waals surface area contributed by atoms with Crippen LogP contribution in [0.2, 0.25) is 5.02 Å². The van der Waals surface area contributed by atoms with E-state index in [9.17, 15) is 4.39 Å². The maximum absolute atomic E-state index is 13.1. The summed E-state index contributed by atoms with van der Waals surface area (Å²) in [7, 11) is 0. The molecule has 1 fully saturated rings. The molecule has 0 aliphatic heterocycles. The first-order chi connectivity index (χ1) is 9.29. The fourth-order valence-electron chi connectivity index (χ4n) is 3.48. The normalized spacial score (nSPS) is 27.6. The van der Waals surface area contributed by atoms with Crippen molar-refractivity contribution in [2.24, 2.45) is 17.3 Å². The SMILES string of the molecule is CC1CCC(C(C)(C)Cc2ccc(F)cc2Cl)C(Cl)C1. The molecule has 3 unspecified atom stereocenters. The van der Waals surface area contributed by atoms with Crippen molar-refractivity contribution in [3.8, 4) is 0 Å². The van der Waals surface area contributed by atoms with E-state index in [1.54, 1.807) is 6.07 Å². The lowest BCUT2D eigenvalue weighted by atomic mass is 9.66. The van der Waals surface area contributed by atoms with Crippen molar-refractivity contribution in [2.45, 2.75) is 51.8 Å². The van der Waals surface area contributed by atoms with Gasteiger partial charge in [0.2, 0.25) is 0 Å². The summed E-state index contributed by atoms with van der Waals surface area (Å²) in [6.07, 6.45) is 4.34. The van der Waals surface area contributed by atoms with Crippen LogP contribution in [0.15, 0.2) is 18.2 Å². The Bertz CT molecular complexity index is 470. The smallest absolute Gasteiger partial charge is 0.124 e. The van der Waals surface area contributed by atoms with Gasteiger partial charge >= 0.3 is 0 Å². The molecule has 3 heteroatoms. The standard InChI is InChI=1S/C17H23Cl2F/c1-11-4-7-14(16(19)8-11)17(2,3)10-12-5-6-13(20)9-15(12)18/h5-6,9,11,14,16H,4,7-8,10H2,1-3H3. The Balaban J connectivity index is 2.14. The largest absolute Gasteiger partial charge is 0.207 e. The van der Waals surface area contributed by atoms with Crippen LogP contribution in [0.1, 0.15) is 45.6 Å². The summed E-state index contributed by atoms with van der Waals surface area (Å²) in [4.78, 5) is 0. The Hall–Kier alpha value is -0.270. The second-order valence-corrected chi connectivity index (χ2v) is 7.91. The highest BCUT2D eigenvalue weighted by Gasteiger charge is 2.38. The van der Waals surface area contributed by atoms with E-state index in [1.807, 2.05) is 0 Å². The molecule has 2 rings (SSSR count). The van der Waals surface area contributed by atoms with Gasteiger partial charge in [0.25, 0.3) is 0 Å². The molecule has 0 N–H and O–H groups in total. The molecule has 1 aromatic rings. The molecule has 0 amide bonds. The van der Waals surface area contributed by atoms with Crippen LogP contribution in [-0.2, 0) is 6.42 Å². The molecule has 0 heterocycles. The lowest BCUT2D eigenvalue weighted by Crippen LogP contribution is -2.37. The van der Waals surface area contributed by atoms with Crippen molar-refractivity contribution in [3.63, 3.8) is 0 Å². The van der Waals surface area contributed by atoms with Crippen LogP contribution in [0.25, 0.3) is 0 Å². The number of hydrogen-bond acceptors (Lipinski definition) is 0. The predicted octanol–water partition coefficient (Wildman–Crippen LogP) is 6.09. The second-order valence-electron chi connectivity index (χ2n) is 6.94. The first-order valence-corrected chi connectivity index (χ1v) is 8.19. The van der Waals surface area contributed by atoms with Crippen molar-refractivity contribution < 1.29 is 4.39 Å². The van der Waals surface area contributed by atoms with E-state index in [0.29, 0.717) is 10.9 Å². The molecule has 1 aromatic carbocycles. The van der Waals surface area contributed by atoms with Crippen LogP contribution in [-0.4, -0.2) is 5.38 Å². The molecule has 0 bridgehead atoms. The quantitative estimate of drug-likeness (QED) is 0.592. The van der Waals surface area contributed by atoms with Gasteiger partial charge in [0.15, 0.2) is 0 Å². The summed E-state index contributed by atoms with van der Waals surface area (Å²) in [5.74, 6) is 0.929. The maximum atomic E-state index is 13.1. The zero-order valence-corrected chi connectivity index (χ0v) is 13.9. The topological polar surface area (TPSA) is 0 Å². The molecule has 112 valence electrons. The molecule has 0 saturated heterocycles. The van der Waals surface area contributed by atoms with E-state index < -0.39 is 0 Å². The Kier molecular flexibility index (Phi) is 5.02. The Labute approximate surface area is 131 Å². The summed E-state index contributed by atoms with van der Waals surface area (Å²) < 4.78 is 13.1. The number of hydrogen-bond donors (Lipinski definition) is 0. The fourth-order valence-corrected chi connectivity index (χ4v) is 4.48. The van der Waals surface area contributed by atoms with E-state index in [1.165, 1.54) is 25.0 Å². The number of halogens is 3. The lowest BCUT2D eigenvalue weighted by molar-refractivity contribution is 0.142. The molecule has 0 radical (unpaired) electrons. The van der Waals surface area contributed by atoms with Gasteiger partial charge in [-0.2, -0.15) is 0 Å². The Morgan fingerprint density at radius 1 is 1.30 bits per heavy atom. The summed E-state index contributed by atoms with van der Waals surface area (Å²) in [6, 6.07) is 4.68. The van der Waals surface area contributed by atoms with E-state index in [2.05, 4.69) is 20.8 Å². The third-order valence-corrected chi connectivity index (χ3v) is 5.53. The van der Waals surface area contributed by atoms with E-state index >= 15 is 0 Å². The predicted molar refractivity (Wildman–Crippen MR) is 85.0 cm³/mol. The van der Waals surface area contributed by atoms with Gasteiger partial charge in [-0.15, -0.1) is 11.6 Å². The van der Waals surface area contributed by atoms with Gasteiger partial charge in [-0.3, -0.25) is 0 Å². The minimum atomic E-state index is -0.279. The Morgan fingerprint density at radius 3 is 2.60 bits per heavy atom. The molecule has 0 nitrogen and oxygen atoms in total. The molecule has 1 aliphatic rings. The average molecular weight is 317 g/mol. The second kappa shape index (κ2) is 6.23.